The van der Waals surface area contributed by atoms with Crippen LogP contribution in [0.1, 0.15) is 96.8 Å². The van der Waals surface area contributed by atoms with E-state index in [1.54, 1.807) is 0 Å². The van der Waals surface area contributed by atoms with Crippen molar-refractivity contribution >= 4 is 63.1 Å². The zero-order chi connectivity index (χ0) is 13.5. The van der Waals surface area contributed by atoms with Crippen molar-refractivity contribution in [3.63, 3.8) is 0 Å². The molecule has 0 amide bonds. The van der Waals surface area contributed by atoms with Crippen LogP contribution in [0.25, 0.3) is 0 Å². The first kappa shape index (κ1) is 19.7. The van der Waals surface area contributed by atoms with Gasteiger partial charge in [-0.2, -0.15) is 0 Å². The molecule has 2 heteroatoms. The van der Waals surface area contributed by atoms with Gasteiger partial charge in [0, 0.05) is 0 Å². The summed E-state index contributed by atoms with van der Waals surface area (Å²) in [6.45, 7) is 2.28. The molecule has 0 radical (unpaired) electrons. The molecule has 0 aromatic carbocycles. The SMILES string of the molecule is CCCCCCCCCCCCCCC[C](=O)[Cs]. The summed E-state index contributed by atoms with van der Waals surface area (Å²) < 4.78 is 0.568. The molecule has 0 spiro atoms. The summed E-state index contributed by atoms with van der Waals surface area (Å²) in [7, 11) is 0. The van der Waals surface area contributed by atoms with Gasteiger partial charge in [0.1, 0.15) is 0 Å². The molecule has 0 heterocycles. The Morgan fingerprint density at radius 1 is 0.667 bits per heavy atom. The molecular formula is C16H31CsO. The molecule has 0 fully saturated rings. The van der Waals surface area contributed by atoms with Crippen molar-refractivity contribution in [1.82, 2.24) is 0 Å². The van der Waals surface area contributed by atoms with Crippen molar-refractivity contribution in [3.8, 4) is 0 Å². The van der Waals surface area contributed by atoms with E-state index in [1.165, 1.54) is 77.0 Å². The molecule has 0 aromatic heterocycles. The molecule has 0 bridgehead atoms. The average molecular weight is 372 g/mol. The molecule has 102 valence electrons. The minimum absolute atomic E-state index is 0.185. The van der Waals surface area contributed by atoms with Gasteiger partial charge in [0.25, 0.3) is 0 Å². The molecule has 0 atom stereocenters. The van der Waals surface area contributed by atoms with Crippen LogP contribution in [0, 0.1) is 0 Å². The Bertz CT molecular complexity index is 180. The Balaban J connectivity index is 2.92. The Morgan fingerprint density at radius 3 is 1.33 bits per heavy atom. The molecule has 0 aliphatic carbocycles. The molecule has 0 saturated heterocycles. The standard InChI is InChI=1S/C16H31O.Cs/c1-2-3-4-5-6-7-8-9-10-11-12-13-14-15-16-17;/h2-15H2,1H3;. The third kappa shape index (κ3) is 17.7. The van der Waals surface area contributed by atoms with Crippen LogP contribution in [0.3, 0.4) is 0 Å². The second kappa shape index (κ2) is 16.8. The number of hydrogen-bond donors (Lipinski definition) is 0. The van der Waals surface area contributed by atoms with Gasteiger partial charge in [-0.25, -0.2) is 0 Å². The summed E-state index contributed by atoms with van der Waals surface area (Å²) in [5, 5.41) is 0. The average Bonchev–Trinajstić information content (AvgIpc) is 2.34. The molecule has 0 saturated carbocycles. The second-order valence-electron chi connectivity index (χ2n) is 5.69. The molecular weight excluding hydrogens is 341 g/mol. The molecule has 0 aliphatic heterocycles. The number of hydrogen-bond acceptors (Lipinski definition) is 1. The third-order valence-corrected chi connectivity index (χ3v) is 5.20. The first-order valence-corrected chi connectivity index (χ1v) is 11.4. The predicted octanol–water partition coefficient (Wildman–Crippen LogP) is 5.16. The van der Waals surface area contributed by atoms with Crippen molar-refractivity contribution in [1.29, 1.82) is 0 Å². The van der Waals surface area contributed by atoms with Gasteiger partial charge in [-0.3, -0.25) is 0 Å². The van der Waals surface area contributed by atoms with Crippen LogP contribution >= 0.6 is 0 Å². The number of rotatable bonds is 14. The van der Waals surface area contributed by atoms with Gasteiger partial charge in [0.15, 0.2) is 0 Å². The van der Waals surface area contributed by atoms with Crippen molar-refractivity contribution in [2.45, 2.75) is 96.8 Å². The van der Waals surface area contributed by atoms with E-state index in [0.29, 0.717) is -2.79 Å². The van der Waals surface area contributed by atoms with Crippen molar-refractivity contribution in [3.05, 3.63) is 0 Å². The Morgan fingerprint density at radius 2 is 1.00 bits per heavy atom. The van der Waals surface area contributed by atoms with Crippen LogP contribution in [0.5, 0.6) is 0 Å². The molecule has 0 rings (SSSR count). The van der Waals surface area contributed by atoms with Gasteiger partial charge in [-0.15, -0.1) is 0 Å². The normalized spacial score (nSPS) is 10.8. The van der Waals surface area contributed by atoms with Crippen molar-refractivity contribution in [2.24, 2.45) is 0 Å². The fourth-order valence-electron chi connectivity index (χ4n) is 2.39. The molecule has 0 N–H and O–H groups in total. The quantitative estimate of drug-likeness (QED) is 0.385. The van der Waals surface area contributed by atoms with E-state index in [-0.39, 0.29) is 65.9 Å². The van der Waals surface area contributed by atoms with Gasteiger partial charge in [0.2, 0.25) is 0 Å². The first-order valence-electron chi connectivity index (χ1n) is 8.26. The van der Waals surface area contributed by atoms with E-state index < -0.39 is 0 Å². The molecule has 18 heavy (non-hydrogen) atoms. The topological polar surface area (TPSA) is 17.1 Å². The summed E-state index contributed by atoms with van der Waals surface area (Å²) >= 11 is 0.185. The molecule has 0 aliphatic rings. The van der Waals surface area contributed by atoms with E-state index >= 15 is 0 Å². The summed E-state index contributed by atoms with van der Waals surface area (Å²) in [5.41, 5.74) is 0. The van der Waals surface area contributed by atoms with Gasteiger partial charge >= 0.3 is 139 Å². The fourth-order valence-corrected chi connectivity index (χ4v) is 3.50. The van der Waals surface area contributed by atoms with Crippen molar-refractivity contribution in [2.75, 3.05) is 0 Å². The Kier molecular flexibility index (Phi) is 18.4. The van der Waals surface area contributed by atoms with E-state index in [1.807, 2.05) is 0 Å². The van der Waals surface area contributed by atoms with Gasteiger partial charge in [0.05, 0.1) is 0 Å². The number of carbonyl (C=O) groups excluding carboxylic acids is 1. The molecule has 0 aromatic rings. The monoisotopic (exact) mass is 372 g/mol. The molecule has 0 unspecified atom stereocenters. The van der Waals surface area contributed by atoms with Gasteiger partial charge in [-0.1, -0.05) is 26.2 Å². The Labute approximate surface area is 162 Å². The maximum absolute atomic E-state index is 10.8. The van der Waals surface area contributed by atoms with Crippen molar-refractivity contribution < 1.29 is 4.79 Å². The van der Waals surface area contributed by atoms with Crippen LogP contribution in [-0.4, -0.2) is 63.1 Å². The Hall–Kier alpha value is 1.72. The zero-order valence-electron chi connectivity index (χ0n) is 12.8. The van der Waals surface area contributed by atoms with Gasteiger partial charge in [-0.05, 0) is 0 Å². The number of unbranched alkanes of at least 4 members (excludes halogenated alkanes) is 12. The summed E-state index contributed by atoms with van der Waals surface area (Å²) in [4.78, 5) is 10.8. The van der Waals surface area contributed by atoms with Crippen LogP contribution in [0.15, 0.2) is 0 Å². The number of carbonyl (C=O) groups is 1. The van der Waals surface area contributed by atoms with E-state index in [2.05, 4.69) is 6.92 Å². The van der Waals surface area contributed by atoms with Crippen LogP contribution in [-0.2, 0) is 4.79 Å². The van der Waals surface area contributed by atoms with Crippen LogP contribution < -0.4 is 0 Å². The minimum atomic E-state index is 0.185. The van der Waals surface area contributed by atoms with Crippen LogP contribution in [0.2, 0.25) is 0 Å². The van der Waals surface area contributed by atoms with Crippen LogP contribution in [0.4, 0.5) is 0 Å². The molecule has 1 nitrogen and oxygen atoms in total. The summed E-state index contributed by atoms with van der Waals surface area (Å²) in [6, 6.07) is 0. The van der Waals surface area contributed by atoms with Gasteiger partial charge < -0.3 is 0 Å². The second-order valence-corrected chi connectivity index (χ2v) is 9.20. The predicted molar refractivity (Wildman–Crippen MR) is 81.1 cm³/mol. The first-order chi connectivity index (χ1) is 8.77. The zero-order valence-corrected chi connectivity index (χ0v) is 19.1. The summed E-state index contributed by atoms with van der Waals surface area (Å²) in [5.74, 6) is 0. The fraction of sp³-hybridized carbons (Fsp3) is 0.938. The van der Waals surface area contributed by atoms with E-state index in [4.69, 9.17) is 0 Å². The summed E-state index contributed by atoms with van der Waals surface area (Å²) in [6.07, 6.45) is 18.9. The van der Waals surface area contributed by atoms with E-state index in [9.17, 15) is 4.79 Å². The maximum atomic E-state index is 10.8. The third-order valence-electron chi connectivity index (χ3n) is 3.63. The van der Waals surface area contributed by atoms with E-state index in [0.717, 1.165) is 12.8 Å².